The highest BCUT2D eigenvalue weighted by atomic mass is 15.0. The van der Waals surface area contributed by atoms with Crippen molar-refractivity contribution >= 4 is 16.7 Å². The van der Waals surface area contributed by atoms with Crippen LogP contribution in [-0.2, 0) is 0 Å². The van der Waals surface area contributed by atoms with Crippen molar-refractivity contribution in [2.75, 3.05) is 25.0 Å². The number of hydrogen-bond donors (Lipinski definition) is 2. The second kappa shape index (κ2) is 8.74. The van der Waals surface area contributed by atoms with Crippen molar-refractivity contribution in [2.45, 2.75) is 33.6 Å². The van der Waals surface area contributed by atoms with Crippen molar-refractivity contribution in [2.24, 2.45) is 11.8 Å². The first kappa shape index (κ1) is 16.8. The normalized spacial score (nSPS) is 12.7. The Labute approximate surface area is 134 Å². The van der Waals surface area contributed by atoms with E-state index in [-0.39, 0.29) is 0 Å². The molecular formula is C19H29N3. The summed E-state index contributed by atoms with van der Waals surface area (Å²) in [5.41, 5.74) is 1.05. The molecule has 0 aliphatic carbocycles. The second-order valence-corrected chi connectivity index (χ2v) is 6.29. The molecule has 22 heavy (non-hydrogen) atoms. The van der Waals surface area contributed by atoms with E-state index in [0.717, 1.165) is 49.2 Å². The summed E-state index contributed by atoms with van der Waals surface area (Å²) in [6, 6.07) is 12.4. The molecule has 0 radical (unpaired) electrons. The molecule has 0 bridgehead atoms. The SMILES string of the molecule is CCC(CNCCCNc1ccc2ccccc2n1)C(C)C. The van der Waals surface area contributed by atoms with Gasteiger partial charge < -0.3 is 10.6 Å². The Hall–Kier alpha value is -1.61. The average Bonchev–Trinajstić information content (AvgIpc) is 2.53. The summed E-state index contributed by atoms with van der Waals surface area (Å²) in [5, 5.41) is 8.17. The molecule has 0 saturated carbocycles. The number of para-hydroxylation sites is 1. The van der Waals surface area contributed by atoms with E-state index in [1.54, 1.807) is 0 Å². The zero-order chi connectivity index (χ0) is 15.8. The van der Waals surface area contributed by atoms with E-state index in [1.807, 2.05) is 12.1 Å². The Kier molecular flexibility index (Phi) is 6.66. The highest BCUT2D eigenvalue weighted by Gasteiger charge is 2.09. The lowest BCUT2D eigenvalue weighted by Crippen LogP contribution is -2.27. The standard InChI is InChI=1S/C19H29N3/c1-4-16(15(2)3)14-20-12-7-13-21-19-11-10-17-8-5-6-9-18(17)22-19/h5-6,8-11,15-16,20H,4,7,12-14H2,1-3H3,(H,21,22). The highest BCUT2D eigenvalue weighted by Crippen LogP contribution is 2.14. The summed E-state index contributed by atoms with van der Waals surface area (Å²) >= 11 is 0. The average molecular weight is 299 g/mol. The summed E-state index contributed by atoms with van der Waals surface area (Å²) in [5.74, 6) is 2.51. The van der Waals surface area contributed by atoms with E-state index in [0.29, 0.717) is 0 Å². The van der Waals surface area contributed by atoms with Crippen molar-refractivity contribution in [3.8, 4) is 0 Å². The number of hydrogen-bond acceptors (Lipinski definition) is 3. The maximum Gasteiger partial charge on any atom is 0.126 e. The fraction of sp³-hybridized carbons (Fsp3) is 0.526. The number of nitrogens with zero attached hydrogens (tertiary/aromatic N) is 1. The Morgan fingerprint density at radius 2 is 1.86 bits per heavy atom. The van der Waals surface area contributed by atoms with Gasteiger partial charge in [0.2, 0.25) is 0 Å². The molecule has 1 atom stereocenters. The van der Waals surface area contributed by atoms with Gasteiger partial charge in [0.1, 0.15) is 5.82 Å². The largest absolute Gasteiger partial charge is 0.370 e. The molecule has 1 heterocycles. The molecule has 2 rings (SSSR count). The lowest BCUT2D eigenvalue weighted by atomic mass is 9.93. The van der Waals surface area contributed by atoms with Crippen LogP contribution in [0.5, 0.6) is 0 Å². The molecule has 1 aromatic carbocycles. The monoisotopic (exact) mass is 299 g/mol. The molecule has 0 spiro atoms. The van der Waals surface area contributed by atoms with Crippen molar-refractivity contribution in [3.05, 3.63) is 36.4 Å². The zero-order valence-corrected chi connectivity index (χ0v) is 14.1. The van der Waals surface area contributed by atoms with Gasteiger partial charge in [-0.15, -0.1) is 0 Å². The number of rotatable bonds is 9. The van der Waals surface area contributed by atoms with Gasteiger partial charge in [-0.3, -0.25) is 0 Å². The summed E-state index contributed by atoms with van der Waals surface area (Å²) < 4.78 is 0. The van der Waals surface area contributed by atoms with Crippen LogP contribution in [0.2, 0.25) is 0 Å². The van der Waals surface area contributed by atoms with Gasteiger partial charge in [-0.1, -0.05) is 45.4 Å². The minimum atomic E-state index is 0.762. The van der Waals surface area contributed by atoms with E-state index in [4.69, 9.17) is 0 Å². The first-order valence-corrected chi connectivity index (χ1v) is 8.51. The smallest absolute Gasteiger partial charge is 0.126 e. The highest BCUT2D eigenvalue weighted by molar-refractivity contribution is 5.79. The number of pyridine rings is 1. The minimum absolute atomic E-state index is 0.762. The molecule has 0 saturated heterocycles. The van der Waals surface area contributed by atoms with E-state index in [2.05, 4.69) is 60.7 Å². The Bertz CT molecular complexity index is 565. The van der Waals surface area contributed by atoms with Crippen LogP contribution in [0.3, 0.4) is 0 Å². The van der Waals surface area contributed by atoms with Crippen LogP contribution in [0.15, 0.2) is 36.4 Å². The third-order valence-corrected chi connectivity index (χ3v) is 4.31. The van der Waals surface area contributed by atoms with Gasteiger partial charge in [0.15, 0.2) is 0 Å². The predicted molar refractivity (Wildman–Crippen MR) is 96.3 cm³/mol. The molecule has 120 valence electrons. The molecule has 0 aliphatic rings. The van der Waals surface area contributed by atoms with E-state index in [1.165, 1.54) is 11.8 Å². The maximum atomic E-state index is 4.63. The fourth-order valence-electron chi connectivity index (χ4n) is 2.73. The van der Waals surface area contributed by atoms with Crippen LogP contribution in [0.1, 0.15) is 33.6 Å². The Balaban J connectivity index is 1.67. The lowest BCUT2D eigenvalue weighted by Gasteiger charge is -2.19. The summed E-state index contributed by atoms with van der Waals surface area (Å²) in [6.45, 7) is 10.0. The molecule has 1 unspecified atom stereocenters. The van der Waals surface area contributed by atoms with Gasteiger partial charge in [0, 0.05) is 11.9 Å². The molecule has 0 amide bonds. The zero-order valence-electron chi connectivity index (χ0n) is 14.1. The van der Waals surface area contributed by atoms with Gasteiger partial charge in [-0.05, 0) is 49.5 Å². The number of anilines is 1. The van der Waals surface area contributed by atoms with Gasteiger partial charge in [-0.2, -0.15) is 0 Å². The molecule has 2 aromatic rings. The van der Waals surface area contributed by atoms with Crippen LogP contribution in [0, 0.1) is 11.8 Å². The first-order valence-electron chi connectivity index (χ1n) is 8.51. The van der Waals surface area contributed by atoms with Crippen LogP contribution in [0.25, 0.3) is 10.9 Å². The van der Waals surface area contributed by atoms with Gasteiger partial charge >= 0.3 is 0 Å². The van der Waals surface area contributed by atoms with Crippen molar-refractivity contribution in [3.63, 3.8) is 0 Å². The Morgan fingerprint density at radius 1 is 1.05 bits per heavy atom. The number of fused-ring (bicyclic) bond motifs is 1. The van der Waals surface area contributed by atoms with Crippen LogP contribution in [0.4, 0.5) is 5.82 Å². The maximum absolute atomic E-state index is 4.63. The molecule has 2 N–H and O–H groups in total. The fourth-order valence-corrected chi connectivity index (χ4v) is 2.73. The summed E-state index contributed by atoms with van der Waals surface area (Å²) in [7, 11) is 0. The predicted octanol–water partition coefficient (Wildman–Crippen LogP) is 4.31. The number of benzene rings is 1. The minimum Gasteiger partial charge on any atom is -0.370 e. The third kappa shape index (κ3) is 4.99. The van der Waals surface area contributed by atoms with E-state index < -0.39 is 0 Å². The molecule has 0 fully saturated rings. The third-order valence-electron chi connectivity index (χ3n) is 4.31. The van der Waals surface area contributed by atoms with Gasteiger partial charge in [0.05, 0.1) is 5.52 Å². The first-order chi connectivity index (χ1) is 10.7. The van der Waals surface area contributed by atoms with Gasteiger partial charge in [-0.25, -0.2) is 4.98 Å². The molecular weight excluding hydrogens is 270 g/mol. The van der Waals surface area contributed by atoms with E-state index >= 15 is 0 Å². The van der Waals surface area contributed by atoms with Gasteiger partial charge in [0.25, 0.3) is 0 Å². The molecule has 0 aliphatic heterocycles. The topological polar surface area (TPSA) is 37.0 Å². The van der Waals surface area contributed by atoms with E-state index in [9.17, 15) is 0 Å². The van der Waals surface area contributed by atoms with Crippen molar-refractivity contribution in [1.82, 2.24) is 10.3 Å². The Morgan fingerprint density at radius 3 is 2.64 bits per heavy atom. The quantitative estimate of drug-likeness (QED) is 0.678. The second-order valence-electron chi connectivity index (χ2n) is 6.29. The van der Waals surface area contributed by atoms with Crippen LogP contribution < -0.4 is 10.6 Å². The van der Waals surface area contributed by atoms with Crippen LogP contribution >= 0.6 is 0 Å². The number of nitrogens with one attached hydrogen (secondary N) is 2. The molecule has 3 heteroatoms. The van der Waals surface area contributed by atoms with Crippen LogP contribution in [-0.4, -0.2) is 24.6 Å². The number of aromatic nitrogens is 1. The summed E-state index contributed by atoms with van der Waals surface area (Å²) in [6.07, 6.45) is 2.37. The lowest BCUT2D eigenvalue weighted by molar-refractivity contribution is 0.353. The van der Waals surface area contributed by atoms with Crippen molar-refractivity contribution in [1.29, 1.82) is 0 Å². The molecule has 1 aromatic heterocycles. The summed E-state index contributed by atoms with van der Waals surface area (Å²) in [4.78, 5) is 4.63. The van der Waals surface area contributed by atoms with Crippen molar-refractivity contribution < 1.29 is 0 Å². The molecule has 3 nitrogen and oxygen atoms in total.